The predicted octanol–water partition coefficient (Wildman–Crippen LogP) is 4.72. The van der Waals surface area contributed by atoms with Crippen LogP contribution in [0.1, 0.15) is 48.0 Å². The number of piperidine rings is 1. The van der Waals surface area contributed by atoms with Gasteiger partial charge in [-0.15, -0.1) is 0 Å². The number of halogens is 3. The van der Waals surface area contributed by atoms with Gasteiger partial charge >= 0.3 is 0 Å². The van der Waals surface area contributed by atoms with E-state index in [1.807, 2.05) is 6.92 Å². The summed E-state index contributed by atoms with van der Waals surface area (Å²) >= 11 is 0. The van der Waals surface area contributed by atoms with Crippen LogP contribution in [0.4, 0.5) is 13.2 Å². The third-order valence-electron chi connectivity index (χ3n) is 5.33. The number of hydrogen-bond acceptors (Lipinski definition) is 2. The van der Waals surface area contributed by atoms with Crippen molar-refractivity contribution in [3.05, 3.63) is 71.0 Å². The molecule has 1 aliphatic rings. The van der Waals surface area contributed by atoms with Crippen LogP contribution in [0, 0.1) is 23.4 Å². The van der Waals surface area contributed by atoms with Crippen LogP contribution in [-0.4, -0.2) is 29.7 Å². The number of carbonyl (C=O) groups is 2. The number of rotatable bonds is 5. The standard InChI is InChI=1S/C22H22F3NO2/c1-14(15-2-4-17(23)5-3-15)12-21(27)26-10-8-16(9-11-26)22(28)19-13-18(24)6-7-20(19)25/h2-7,13-14,16H,8-12H2,1H3. The zero-order valence-electron chi connectivity index (χ0n) is 15.6. The second-order valence-electron chi connectivity index (χ2n) is 7.30. The van der Waals surface area contributed by atoms with Crippen molar-refractivity contribution >= 4 is 11.7 Å². The lowest BCUT2D eigenvalue weighted by Crippen LogP contribution is -2.40. The Hall–Kier alpha value is -2.63. The Kier molecular flexibility index (Phi) is 6.17. The van der Waals surface area contributed by atoms with E-state index >= 15 is 0 Å². The van der Waals surface area contributed by atoms with E-state index in [1.165, 1.54) is 12.1 Å². The first-order valence-corrected chi connectivity index (χ1v) is 9.37. The molecule has 0 bridgehead atoms. The third kappa shape index (κ3) is 4.61. The van der Waals surface area contributed by atoms with Gasteiger partial charge in [0.05, 0.1) is 5.56 Å². The zero-order chi connectivity index (χ0) is 20.3. The monoisotopic (exact) mass is 389 g/mol. The molecule has 2 aromatic rings. The number of benzene rings is 2. The molecule has 0 spiro atoms. The number of hydrogen-bond donors (Lipinski definition) is 0. The molecule has 1 amide bonds. The highest BCUT2D eigenvalue weighted by Crippen LogP contribution is 2.26. The molecular weight excluding hydrogens is 367 g/mol. The van der Waals surface area contributed by atoms with Crippen molar-refractivity contribution in [2.75, 3.05) is 13.1 Å². The first kappa shape index (κ1) is 20.1. The summed E-state index contributed by atoms with van der Waals surface area (Å²) in [5.41, 5.74) is 0.663. The summed E-state index contributed by atoms with van der Waals surface area (Å²) in [5.74, 6) is -2.60. The second kappa shape index (κ2) is 8.59. The minimum absolute atomic E-state index is 0.0281. The summed E-state index contributed by atoms with van der Waals surface area (Å²) < 4.78 is 40.2. The first-order chi connectivity index (χ1) is 13.3. The average molecular weight is 389 g/mol. The summed E-state index contributed by atoms with van der Waals surface area (Å²) in [6.45, 7) is 2.72. The molecule has 0 saturated carbocycles. The Labute approximate surface area is 162 Å². The number of ketones is 1. The molecule has 148 valence electrons. The first-order valence-electron chi connectivity index (χ1n) is 9.37. The van der Waals surface area contributed by atoms with Crippen molar-refractivity contribution in [2.45, 2.75) is 32.1 Å². The van der Waals surface area contributed by atoms with E-state index in [-0.39, 0.29) is 23.2 Å². The van der Waals surface area contributed by atoms with E-state index in [4.69, 9.17) is 0 Å². The zero-order valence-corrected chi connectivity index (χ0v) is 15.6. The maximum absolute atomic E-state index is 13.8. The van der Waals surface area contributed by atoms with Crippen LogP contribution in [0.15, 0.2) is 42.5 Å². The van der Waals surface area contributed by atoms with E-state index in [9.17, 15) is 22.8 Å². The number of likely N-dealkylation sites (tertiary alicyclic amines) is 1. The van der Waals surface area contributed by atoms with Gasteiger partial charge in [0, 0.05) is 25.4 Å². The van der Waals surface area contributed by atoms with Crippen LogP contribution in [0.3, 0.4) is 0 Å². The molecule has 1 fully saturated rings. The minimum atomic E-state index is -0.724. The van der Waals surface area contributed by atoms with Gasteiger partial charge in [-0.3, -0.25) is 9.59 Å². The highest BCUT2D eigenvalue weighted by molar-refractivity contribution is 5.98. The largest absolute Gasteiger partial charge is 0.343 e. The van der Waals surface area contributed by atoms with E-state index in [2.05, 4.69) is 0 Å². The summed E-state index contributed by atoms with van der Waals surface area (Å²) in [4.78, 5) is 26.8. The van der Waals surface area contributed by atoms with Crippen molar-refractivity contribution in [3.63, 3.8) is 0 Å². The number of amides is 1. The minimum Gasteiger partial charge on any atom is -0.343 e. The van der Waals surface area contributed by atoms with Crippen LogP contribution in [0.25, 0.3) is 0 Å². The van der Waals surface area contributed by atoms with Gasteiger partial charge < -0.3 is 4.90 Å². The molecule has 1 saturated heterocycles. The van der Waals surface area contributed by atoms with Crippen LogP contribution in [0.2, 0.25) is 0 Å². The smallest absolute Gasteiger partial charge is 0.223 e. The molecule has 0 aromatic heterocycles. The normalized spacial score (nSPS) is 16.1. The van der Waals surface area contributed by atoms with Crippen molar-refractivity contribution in [3.8, 4) is 0 Å². The highest BCUT2D eigenvalue weighted by Gasteiger charge is 2.30. The molecule has 28 heavy (non-hydrogen) atoms. The molecule has 3 rings (SSSR count). The van der Waals surface area contributed by atoms with Gasteiger partial charge in [0.25, 0.3) is 0 Å². The van der Waals surface area contributed by atoms with Gasteiger partial charge in [-0.05, 0) is 54.7 Å². The van der Waals surface area contributed by atoms with Gasteiger partial charge in [-0.1, -0.05) is 19.1 Å². The van der Waals surface area contributed by atoms with Gasteiger partial charge in [-0.25, -0.2) is 13.2 Å². The number of Topliss-reactive ketones (excluding diaryl/α,β-unsaturated/α-hetero) is 1. The van der Waals surface area contributed by atoms with E-state index in [0.717, 1.165) is 23.8 Å². The van der Waals surface area contributed by atoms with Crippen LogP contribution >= 0.6 is 0 Å². The lowest BCUT2D eigenvalue weighted by molar-refractivity contribution is -0.132. The van der Waals surface area contributed by atoms with Gasteiger partial charge in [0.15, 0.2) is 5.78 Å². The van der Waals surface area contributed by atoms with Crippen LogP contribution in [-0.2, 0) is 4.79 Å². The summed E-state index contributed by atoms with van der Waals surface area (Å²) in [5, 5.41) is 0. The lowest BCUT2D eigenvalue weighted by atomic mass is 9.88. The molecule has 1 atom stereocenters. The molecule has 6 heteroatoms. The Morgan fingerprint density at radius 3 is 2.25 bits per heavy atom. The third-order valence-corrected chi connectivity index (χ3v) is 5.33. The fourth-order valence-electron chi connectivity index (χ4n) is 3.60. The van der Waals surface area contributed by atoms with Crippen molar-refractivity contribution < 1.29 is 22.8 Å². The van der Waals surface area contributed by atoms with Crippen LogP contribution in [0.5, 0.6) is 0 Å². The molecule has 0 radical (unpaired) electrons. The second-order valence-corrected chi connectivity index (χ2v) is 7.30. The van der Waals surface area contributed by atoms with Gasteiger partial charge in [0.1, 0.15) is 17.5 Å². The Morgan fingerprint density at radius 2 is 1.61 bits per heavy atom. The topological polar surface area (TPSA) is 37.4 Å². The van der Waals surface area contributed by atoms with Gasteiger partial charge in [-0.2, -0.15) is 0 Å². The quantitative estimate of drug-likeness (QED) is 0.694. The molecule has 1 heterocycles. The van der Waals surface area contributed by atoms with Crippen LogP contribution < -0.4 is 0 Å². The Morgan fingerprint density at radius 1 is 1.00 bits per heavy atom. The Balaban J connectivity index is 1.55. The number of carbonyl (C=O) groups excluding carboxylic acids is 2. The van der Waals surface area contributed by atoms with Gasteiger partial charge in [0.2, 0.25) is 5.91 Å². The molecule has 2 aromatic carbocycles. The maximum Gasteiger partial charge on any atom is 0.223 e. The lowest BCUT2D eigenvalue weighted by Gasteiger charge is -2.32. The molecule has 1 aliphatic heterocycles. The SMILES string of the molecule is CC(CC(=O)N1CCC(C(=O)c2cc(F)ccc2F)CC1)c1ccc(F)cc1. The Bertz CT molecular complexity index is 859. The van der Waals surface area contributed by atoms with Crippen molar-refractivity contribution in [2.24, 2.45) is 5.92 Å². The summed E-state index contributed by atoms with van der Waals surface area (Å²) in [6, 6.07) is 8.96. The molecule has 3 nitrogen and oxygen atoms in total. The fraction of sp³-hybridized carbons (Fsp3) is 0.364. The maximum atomic E-state index is 13.8. The molecular formula is C22H22F3NO2. The van der Waals surface area contributed by atoms with E-state index in [1.54, 1.807) is 17.0 Å². The summed E-state index contributed by atoms with van der Waals surface area (Å²) in [6.07, 6.45) is 1.14. The molecule has 1 unspecified atom stereocenters. The predicted molar refractivity (Wildman–Crippen MR) is 99.4 cm³/mol. The number of nitrogens with zero attached hydrogens (tertiary/aromatic N) is 1. The highest BCUT2D eigenvalue weighted by atomic mass is 19.1. The average Bonchev–Trinajstić information content (AvgIpc) is 2.69. The van der Waals surface area contributed by atoms with E-state index in [0.29, 0.717) is 32.4 Å². The van der Waals surface area contributed by atoms with E-state index < -0.39 is 23.3 Å². The van der Waals surface area contributed by atoms with Crippen molar-refractivity contribution in [1.29, 1.82) is 0 Å². The molecule has 0 N–H and O–H groups in total. The van der Waals surface area contributed by atoms with Crippen molar-refractivity contribution in [1.82, 2.24) is 4.90 Å². The fourth-order valence-corrected chi connectivity index (χ4v) is 3.60. The summed E-state index contributed by atoms with van der Waals surface area (Å²) in [7, 11) is 0. The molecule has 0 aliphatic carbocycles.